The van der Waals surface area contributed by atoms with Crippen molar-refractivity contribution in [2.45, 2.75) is 33.9 Å². The van der Waals surface area contributed by atoms with Crippen molar-refractivity contribution in [3.63, 3.8) is 0 Å². The molecule has 0 aliphatic heterocycles. The van der Waals surface area contributed by atoms with Gasteiger partial charge in [-0.05, 0) is 32.9 Å². The lowest BCUT2D eigenvalue weighted by atomic mass is 10.2. The second-order valence-corrected chi connectivity index (χ2v) is 5.61. The van der Waals surface area contributed by atoms with E-state index < -0.39 is 0 Å². The number of hydrogen-bond acceptors (Lipinski definition) is 5. The van der Waals surface area contributed by atoms with Crippen LogP contribution in [-0.2, 0) is 13.2 Å². The highest BCUT2D eigenvalue weighted by Crippen LogP contribution is 2.19. The molecule has 1 amide bonds. The number of amides is 1. The number of para-hydroxylation sites is 1. The van der Waals surface area contributed by atoms with Crippen molar-refractivity contribution < 1.29 is 14.1 Å². The minimum atomic E-state index is -0.371. The van der Waals surface area contributed by atoms with Gasteiger partial charge < -0.3 is 14.6 Å². The van der Waals surface area contributed by atoms with Crippen molar-refractivity contribution in [3.8, 4) is 5.75 Å². The van der Waals surface area contributed by atoms with E-state index in [4.69, 9.17) is 9.26 Å². The number of nitrogens with one attached hydrogen (secondary N) is 1. The van der Waals surface area contributed by atoms with Crippen LogP contribution in [0.1, 0.15) is 34.4 Å². The molecule has 0 saturated heterocycles. The molecule has 0 aliphatic rings. The molecule has 0 fully saturated rings. The summed E-state index contributed by atoms with van der Waals surface area (Å²) < 4.78 is 12.7. The lowest BCUT2D eigenvalue weighted by Crippen LogP contribution is -2.16. The zero-order chi connectivity index (χ0) is 17.8. The average Bonchev–Trinajstić information content (AvgIpc) is 3.16. The Hall–Kier alpha value is -3.09. The number of rotatable bonds is 6. The first-order valence-electron chi connectivity index (χ1n) is 8.07. The first kappa shape index (κ1) is 16.8. The number of aromatic nitrogens is 3. The van der Waals surface area contributed by atoms with Crippen molar-refractivity contribution in [1.29, 1.82) is 0 Å². The monoisotopic (exact) mass is 340 g/mol. The summed E-state index contributed by atoms with van der Waals surface area (Å²) in [6.07, 6.45) is 0. The summed E-state index contributed by atoms with van der Waals surface area (Å²) in [6.45, 7) is 6.62. The number of benzene rings is 1. The predicted molar refractivity (Wildman–Crippen MR) is 92.6 cm³/mol. The zero-order valence-electron chi connectivity index (χ0n) is 14.4. The van der Waals surface area contributed by atoms with Crippen LogP contribution in [0.15, 0.2) is 40.9 Å². The van der Waals surface area contributed by atoms with Crippen LogP contribution in [0.4, 0.5) is 5.82 Å². The molecule has 0 saturated carbocycles. The largest absolute Gasteiger partial charge is 0.489 e. The fourth-order valence-electron chi connectivity index (χ4n) is 2.48. The maximum absolute atomic E-state index is 12.5. The van der Waals surface area contributed by atoms with Gasteiger partial charge in [-0.15, -0.1) is 0 Å². The van der Waals surface area contributed by atoms with Crippen LogP contribution in [0.3, 0.4) is 0 Å². The van der Waals surface area contributed by atoms with Crippen LogP contribution in [0.25, 0.3) is 0 Å². The molecule has 0 radical (unpaired) electrons. The normalized spacial score (nSPS) is 10.7. The van der Waals surface area contributed by atoms with Gasteiger partial charge in [0.25, 0.3) is 5.91 Å². The van der Waals surface area contributed by atoms with Crippen LogP contribution in [0, 0.1) is 13.8 Å². The number of ether oxygens (including phenoxy) is 1. The van der Waals surface area contributed by atoms with Crippen LogP contribution in [-0.4, -0.2) is 20.8 Å². The van der Waals surface area contributed by atoms with Crippen LogP contribution < -0.4 is 10.1 Å². The number of anilines is 1. The topological polar surface area (TPSA) is 82.2 Å². The van der Waals surface area contributed by atoms with Crippen molar-refractivity contribution in [1.82, 2.24) is 14.9 Å². The Morgan fingerprint density at radius 3 is 2.72 bits per heavy atom. The van der Waals surface area contributed by atoms with E-state index in [-0.39, 0.29) is 18.2 Å². The van der Waals surface area contributed by atoms with Crippen molar-refractivity contribution in [2.24, 2.45) is 0 Å². The van der Waals surface area contributed by atoms with Gasteiger partial charge in [-0.3, -0.25) is 9.48 Å². The fraction of sp³-hybridized carbons (Fsp3) is 0.278. The van der Waals surface area contributed by atoms with Gasteiger partial charge >= 0.3 is 0 Å². The van der Waals surface area contributed by atoms with Crippen LogP contribution in [0.5, 0.6) is 5.75 Å². The van der Waals surface area contributed by atoms with E-state index in [2.05, 4.69) is 15.6 Å². The van der Waals surface area contributed by atoms with Gasteiger partial charge in [0.05, 0.1) is 5.56 Å². The Balaban J connectivity index is 1.74. The van der Waals surface area contributed by atoms with Gasteiger partial charge in [0.1, 0.15) is 18.1 Å². The molecule has 1 aromatic carbocycles. The third kappa shape index (κ3) is 3.71. The standard InChI is InChI=1S/C18H20N4O3/c1-4-22-12(2)10-16(20-22)19-18(23)17-15(13(3)25-21-17)11-24-14-8-6-5-7-9-14/h5-10H,4,11H2,1-3H3,(H,19,20,23). The Kier molecular flexibility index (Phi) is 4.83. The maximum atomic E-state index is 12.5. The van der Waals surface area contributed by atoms with Gasteiger partial charge in [-0.25, -0.2) is 0 Å². The summed E-state index contributed by atoms with van der Waals surface area (Å²) >= 11 is 0. The summed E-state index contributed by atoms with van der Waals surface area (Å²) in [5.74, 6) is 1.38. The average molecular weight is 340 g/mol. The van der Waals surface area contributed by atoms with Gasteiger partial charge in [-0.1, -0.05) is 23.4 Å². The number of aryl methyl sites for hydroxylation is 3. The maximum Gasteiger partial charge on any atom is 0.279 e. The molecule has 0 unspecified atom stereocenters. The Morgan fingerprint density at radius 2 is 2.04 bits per heavy atom. The second-order valence-electron chi connectivity index (χ2n) is 5.61. The highest BCUT2D eigenvalue weighted by molar-refractivity contribution is 6.03. The third-order valence-corrected chi connectivity index (χ3v) is 3.85. The quantitative estimate of drug-likeness (QED) is 0.744. The Bertz CT molecular complexity index is 868. The molecule has 0 atom stereocenters. The van der Waals surface area contributed by atoms with Gasteiger partial charge in [-0.2, -0.15) is 5.10 Å². The summed E-state index contributed by atoms with van der Waals surface area (Å²) in [5, 5.41) is 10.9. The smallest absolute Gasteiger partial charge is 0.279 e. The molecule has 1 N–H and O–H groups in total. The number of nitrogens with zero attached hydrogens (tertiary/aromatic N) is 3. The summed E-state index contributed by atoms with van der Waals surface area (Å²) in [4.78, 5) is 12.5. The lowest BCUT2D eigenvalue weighted by molar-refractivity contribution is 0.101. The van der Waals surface area contributed by atoms with E-state index in [1.54, 1.807) is 6.92 Å². The highest BCUT2D eigenvalue weighted by Gasteiger charge is 2.21. The third-order valence-electron chi connectivity index (χ3n) is 3.85. The second kappa shape index (κ2) is 7.21. The molecule has 3 rings (SSSR count). The molecular formula is C18H20N4O3. The van der Waals surface area contributed by atoms with Crippen molar-refractivity contribution in [3.05, 3.63) is 59.1 Å². The number of carbonyl (C=O) groups is 1. The molecule has 3 aromatic rings. The van der Waals surface area contributed by atoms with E-state index in [0.717, 1.165) is 12.2 Å². The molecule has 7 heteroatoms. The summed E-state index contributed by atoms with van der Waals surface area (Å²) in [7, 11) is 0. The minimum absolute atomic E-state index is 0.199. The first-order chi connectivity index (χ1) is 12.1. The Morgan fingerprint density at radius 1 is 1.28 bits per heavy atom. The van der Waals surface area contributed by atoms with Gasteiger partial charge in [0, 0.05) is 18.3 Å². The minimum Gasteiger partial charge on any atom is -0.489 e. The molecule has 7 nitrogen and oxygen atoms in total. The van der Waals surface area contributed by atoms with E-state index in [0.29, 0.717) is 22.9 Å². The Labute approximate surface area is 145 Å². The van der Waals surface area contributed by atoms with E-state index in [1.165, 1.54) is 0 Å². The molecule has 25 heavy (non-hydrogen) atoms. The van der Waals surface area contributed by atoms with Crippen LogP contribution >= 0.6 is 0 Å². The summed E-state index contributed by atoms with van der Waals surface area (Å²) in [5.41, 5.74) is 1.80. The fourth-order valence-corrected chi connectivity index (χ4v) is 2.48. The highest BCUT2D eigenvalue weighted by atomic mass is 16.5. The van der Waals surface area contributed by atoms with Gasteiger partial charge in [0.15, 0.2) is 11.5 Å². The molecule has 2 heterocycles. The number of carbonyl (C=O) groups excluding carboxylic acids is 1. The predicted octanol–water partition coefficient (Wildman–Crippen LogP) is 3.34. The van der Waals surface area contributed by atoms with E-state index >= 15 is 0 Å². The molecule has 0 aliphatic carbocycles. The molecule has 2 aromatic heterocycles. The van der Waals surface area contributed by atoms with E-state index in [9.17, 15) is 4.79 Å². The molecule has 0 spiro atoms. The van der Waals surface area contributed by atoms with Crippen LogP contribution in [0.2, 0.25) is 0 Å². The van der Waals surface area contributed by atoms with E-state index in [1.807, 2.05) is 54.9 Å². The molecular weight excluding hydrogens is 320 g/mol. The number of hydrogen-bond donors (Lipinski definition) is 1. The van der Waals surface area contributed by atoms with Crippen molar-refractivity contribution in [2.75, 3.05) is 5.32 Å². The SMILES string of the molecule is CCn1nc(NC(=O)c2noc(C)c2COc2ccccc2)cc1C. The zero-order valence-corrected chi connectivity index (χ0v) is 14.4. The lowest BCUT2D eigenvalue weighted by Gasteiger charge is -2.06. The first-order valence-corrected chi connectivity index (χ1v) is 8.07. The van der Waals surface area contributed by atoms with Gasteiger partial charge in [0.2, 0.25) is 0 Å². The van der Waals surface area contributed by atoms with Crippen molar-refractivity contribution >= 4 is 11.7 Å². The molecule has 130 valence electrons. The summed E-state index contributed by atoms with van der Waals surface area (Å²) in [6, 6.07) is 11.2. The molecule has 0 bridgehead atoms.